The molecule has 14 aromatic rings. The Bertz CT molecular complexity index is 4260. The maximum absolute atomic E-state index is 5.24. The molecular formula is C62H38N4. The van der Waals surface area contributed by atoms with E-state index in [1.54, 1.807) is 0 Å². The average molecular weight is 839 g/mol. The van der Waals surface area contributed by atoms with E-state index in [9.17, 15) is 0 Å². The van der Waals surface area contributed by atoms with Crippen molar-refractivity contribution in [3.05, 3.63) is 231 Å². The van der Waals surface area contributed by atoms with E-state index >= 15 is 0 Å². The van der Waals surface area contributed by atoms with E-state index in [0.29, 0.717) is 0 Å². The summed E-state index contributed by atoms with van der Waals surface area (Å²) in [6.45, 7) is 0. The highest BCUT2D eigenvalue weighted by Crippen LogP contribution is 2.46. The molecule has 14 rings (SSSR count). The van der Waals surface area contributed by atoms with Crippen LogP contribution in [0.25, 0.3) is 132 Å². The zero-order valence-corrected chi connectivity index (χ0v) is 35.7. The summed E-state index contributed by atoms with van der Waals surface area (Å²) in [5.41, 5.74) is 13.1. The van der Waals surface area contributed by atoms with Crippen molar-refractivity contribution in [2.45, 2.75) is 0 Å². The molecule has 0 radical (unpaired) electrons. The lowest BCUT2D eigenvalue weighted by Gasteiger charge is -2.16. The minimum absolute atomic E-state index is 0.718. The summed E-state index contributed by atoms with van der Waals surface area (Å²) in [4.78, 5) is 10.4. The first-order valence-electron chi connectivity index (χ1n) is 22.6. The van der Waals surface area contributed by atoms with Crippen molar-refractivity contribution in [3.63, 3.8) is 0 Å². The number of hydrogen-bond donors (Lipinski definition) is 0. The molecule has 0 aliphatic rings. The van der Waals surface area contributed by atoms with Gasteiger partial charge >= 0.3 is 0 Å². The van der Waals surface area contributed by atoms with Crippen molar-refractivity contribution in [3.8, 4) is 45.1 Å². The second-order valence-corrected chi connectivity index (χ2v) is 17.3. The molecule has 0 N–H and O–H groups in total. The summed E-state index contributed by atoms with van der Waals surface area (Å²) in [5, 5.41) is 13.4. The molecule has 0 spiro atoms. The Morgan fingerprint density at radius 3 is 1.68 bits per heavy atom. The van der Waals surface area contributed by atoms with Gasteiger partial charge in [0.25, 0.3) is 0 Å². The molecule has 0 aliphatic heterocycles. The molecule has 3 heterocycles. The Morgan fingerprint density at radius 1 is 0.303 bits per heavy atom. The van der Waals surface area contributed by atoms with E-state index < -0.39 is 0 Å². The van der Waals surface area contributed by atoms with Crippen LogP contribution in [0, 0.1) is 0 Å². The Kier molecular flexibility index (Phi) is 7.95. The molecule has 0 amide bonds. The standard InChI is InChI=1S/C62H38N4/c1-4-18-39(19-5-1)60-52-35-41(32-33-54(52)63-62(64-60)40-20-6-2-7-21-40)43-34-42-22-10-11-25-45(42)56(36-43)66-55-31-17-16-28-48(55)51-37-53-58(38-57(51)66)65(44-23-8-3-9-24-44)61-50-30-15-13-27-47(50)46-26-12-14-29-49(46)59(53)61/h1-38H. The maximum Gasteiger partial charge on any atom is 0.160 e. The van der Waals surface area contributed by atoms with Crippen LogP contribution in [-0.2, 0) is 0 Å². The second-order valence-electron chi connectivity index (χ2n) is 17.3. The predicted molar refractivity (Wildman–Crippen MR) is 277 cm³/mol. The van der Waals surface area contributed by atoms with Gasteiger partial charge in [-0.25, -0.2) is 9.97 Å². The van der Waals surface area contributed by atoms with Gasteiger partial charge in [-0.3, -0.25) is 0 Å². The molecule has 3 aromatic heterocycles. The lowest BCUT2D eigenvalue weighted by molar-refractivity contribution is 1.18. The summed E-state index contributed by atoms with van der Waals surface area (Å²) in [7, 11) is 0. The third-order valence-electron chi connectivity index (χ3n) is 13.6. The quantitative estimate of drug-likeness (QED) is 0.162. The zero-order valence-electron chi connectivity index (χ0n) is 35.7. The average Bonchev–Trinajstić information content (AvgIpc) is 3.90. The molecular weight excluding hydrogens is 801 g/mol. The SMILES string of the molecule is c1ccc(-c2nc(-c3ccccc3)c3cc(-c4cc(-n5c6ccccc6c6cc7c8c9ccccc9c9ccccc9c8n(-c8ccccc8)c7cc65)c5ccccc5c4)ccc3n2)cc1. The van der Waals surface area contributed by atoms with Gasteiger partial charge in [-0.1, -0.05) is 176 Å². The summed E-state index contributed by atoms with van der Waals surface area (Å²) < 4.78 is 5.00. The van der Waals surface area contributed by atoms with Crippen LogP contribution in [0.4, 0.5) is 0 Å². The molecule has 0 saturated heterocycles. The van der Waals surface area contributed by atoms with Crippen LogP contribution in [-0.4, -0.2) is 19.1 Å². The van der Waals surface area contributed by atoms with Gasteiger partial charge in [-0.2, -0.15) is 0 Å². The van der Waals surface area contributed by atoms with E-state index in [1.807, 2.05) is 18.2 Å². The Morgan fingerprint density at radius 2 is 0.909 bits per heavy atom. The van der Waals surface area contributed by atoms with Gasteiger partial charge in [0, 0.05) is 54.5 Å². The second kappa shape index (κ2) is 14.3. The number of para-hydroxylation sites is 2. The topological polar surface area (TPSA) is 35.6 Å². The fourth-order valence-corrected chi connectivity index (χ4v) is 10.7. The summed E-state index contributed by atoms with van der Waals surface area (Å²) in [6, 6.07) is 83.4. The van der Waals surface area contributed by atoms with Gasteiger partial charge in [0.15, 0.2) is 5.82 Å². The van der Waals surface area contributed by atoms with E-state index in [4.69, 9.17) is 9.97 Å². The monoisotopic (exact) mass is 838 g/mol. The van der Waals surface area contributed by atoms with E-state index in [-0.39, 0.29) is 0 Å². The normalized spacial score (nSPS) is 11.9. The molecule has 0 saturated carbocycles. The number of aromatic nitrogens is 4. The molecule has 4 heteroatoms. The minimum Gasteiger partial charge on any atom is -0.309 e. The van der Waals surface area contributed by atoms with Crippen LogP contribution in [0.2, 0.25) is 0 Å². The summed E-state index contributed by atoms with van der Waals surface area (Å²) in [5.74, 6) is 0.718. The summed E-state index contributed by atoms with van der Waals surface area (Å²) in [6.07, 6.45) is 0. The van der Waals surface area contributed by atoms with Gasteiger partial charge in [-0.15, -0.1) is 0 Å². The van der Waals surface area contributed by atoms with Crippen molar-refractivity contribution in [2.24, 2.45) is 0 Å². The highest BCUT2D eigenvalue weighted by molar-refractivity contribution is 6.33. The molecule has 0 atom stereocenters. The van der Waals surface area contributed by atoms with Gasteiger partial charge in [0.05, 0.1) is 39.0 Å². The lowest BCUT2D eigenvalue weighted by atomic mass is 9.96. The molecule has 0 bridgehead atoms. The van der Waals surface area contributed by atoms with Gasteiger partial charge in [0.2, 0.25) is 0 Å². The van der Waals surface area contributed by atoms with E-state index in [2.05, 4.69) is 221 Å². The van der Waals surface area contributed by atoms with Crippen LogP contribution in [0.1, 0.15) is 0 Å². The zero-order chi connectivity index (χ0) is 43.3. The molecule has 0 unspecified atom stereocenters. The minimum atomic E-state index is 0.718. The fourth-order valence-electron chi connectivity index (χ4n) is 10.7. The number of fused-ring (bicyclic) bond motifs is 13. The smallest absolute Gasteiger partial charge is 0.160 e. The third-order valence-corrected chi connectivity index (χ3v) is 13.6. The first-order valence-corrected chi connectivity index (χ1v) is 22.6. The van der Waals surface area contributed by atoms with Crippen LogP contribution in [0.3, 0.4) is 0 Å². The number of rotatable bonds is 5. The van der Waals surface area contributed by atoms with E-state index in [1.165, 1.54) is 70.4 Å². The van der Waals surface area contributed by atoms with Crippen molar-refractivity contribution >= 4 is 86.8 Å². The Labute approximate surface area is 379 Å². The molecule has 4 nitrogen and oxygen atoms in total. The highest BCUT2D eigenvalue weighted by atomic mass is 15.0. The lowest BCUT2D eigenvalue weighted by Crippen LogP contribution is -1.98. The van der Waals surface area contributed by atoms with Crippen molar-refractivity contribution < 1.29 is 0 Å². The highest BCUT2D eigenvalue weighted by Gasteiger charge is 2.23. The van der Waals surface area contributed by atoms with Crippen LogP contribution >= 0.6 is 0 Å². The van der Waals surface area contributed by atoms with Crippen LogP contribution in [0.15, 0.2) is 231 Å². The molecule has 11 aromatic carbocycles. The first kappa shape index (κ1) is 36.6. The molecule has 306 valence electrons. The van der Waals surface area contributed by atoms with Gasteiger partial charge in [-0.05, 0) is 87.3 Å². The van der Waals surface area contributed by atoms with Crippen molar-refractivity contribution in [1.82, 2.24) is 19.1 Å². The Balaban J connectivity index is 1.07. The fraction of sp³-hybridized carbons (Fsp3) is 0. The first-order chi connectivity index (χ1) is 32.7. The predicted octanol–water partition coefficient (Wildman–Crippen LogP) is 16.3. The summed E-state index contributed by atoms with van der Waals surface area (Å²) >= 11 is 0. The van der Waals surface area contributed by atoms with Crippen LogP contribution < -0.4 is 0 Å². The number of hydrogen-bond acceptors (Lipinski definition) is 2. The molecule has 0 fully saturated rings. The van der Waals surface area contributed by atoms with E-state index in [0.717, 1.165) is 61.6 Å². The number of benzene rings is 11. The van der Waals surface area contributed by atoms with Crippen LogP contribution in [0.5, 0.6) is 0 Å². The number of nitrogens with zero attached hydrogens (tertiary/aromatic N) is 4. The maximum atomic E-state index is 5.24. The third kappa shape index (κ3) is 5.45. The largest absolute Gasteiger partial charge is 0.309 e. The molecule has 66 heavy (non-hydrogen) atoms. The van der Waals surface area contributed by atoms with Gasteiger partial charge < -0.3 is 9.13 Å². The Hall–Kier alpha value is -8.86. The molecule has 0 aliphatic carbocycles. The van der Waals surface area contributed by atoms with Gasteiger partial charge in [0.1, 0.15) is 0 Å². The van der Waals surface area contributed by atoms with Crippen molar-refractivity contribution in [1.29, 1.82) is 0 Å². The van der Waals surface area contributed by atoms with Crippen molar-refractivity contribution in [2.75, 3.05) is 0 Å².